The zero-order valence-corrected chi connectivity index (χ0v) is 11.8. The van der Waals surface area contributed by atoms with Crippen LogP contribution in [0.5, 0.6) is 11.5 Å². The van der Waals surface area contributed by atoms with E-state index in [9.17, 15) is 5.11 Å². The highest BCUT2D eigenvalue weighted by Crippen LogP contribution is 2.43. The number of fused-ring (bicyclic) bond motifs is 1. The van der Waals surface area contributed by atoms with Crippen LogP contribution in [0, 0.1) is 0 Å². The molecule has 1 atom stereocenters. The Balaban J connectivity index is 2.57. The quantitative estimate of drug-likeness (QED) is 0.917. The predicted octanol–water partition coefficient (Wildman–Crippen LogP) is 3.16. The number of aliphatic hydroxyl groups excluding tert-OH is 1. The molecule has 1 heterocycles. The molecular weight excluding hydrogens is 252 g/mol. The Morgan fingerprint density at radius 3 is 2.56 bits per heavy atom. The first kappa shape index (κ1) is 13.5. The van der Waals surface area contributed by atoms with Gasteiger partial charge in [0.15, 0.2) is 11.5 Å². The van der Waals surface area contributed by atoms with Gasteiger partial charge in [-0.25, -0.2) is 0 Å². The third-order valence-corrected chi connectivity index (χ3v) is 3.34. The maximum atomic E-state index is 9.61. The third-order valence-electron chi connectivity index (χ3n) is 3.00. The molecule has 0 aliphatic carbocycles. The minimum Gasteiger partial charge on any atom is -0.486 e. The van der Waals surface area contributed by atoms with E-state index in [2.05, 4.69) is 13.8 Å². The first-order valence-electron chi connectivity index (χ1n) is 6.29. The number of benzene rings is 1. The van der Waals surface area contributed by atoms with Crippen molar-refractivity contribution in [3.05, 3.63) is 22.2 Å². The van der Waals surface area contributed by atoms with Crippen molar-refractivity contribution >= 4 is 11.6 Å². The lowest BCUT2D eigenvalue weighted by molar-refractivity contribution is 0.168. The number of hydrogen-bond acceptors (Lipinski definition) is 3. The van der Waals surface area contributed by atoms with Crippen LogP contribution in [0.25, 0.3) is 0 Å². The summed E-state index contributed by atoms with van der Waals surface area (Å²) in [7, 11) is 0. The standard InChI is InChI=1S/C14H19ClO3/c1-8(2)13-10(6-9(3)16)11(15)7-12-14(13)18-5-4-17-12/h7-9,16H,4-6H2,1-3H3. The average molecular weight is 271 g/mol. The molecule has 3 nitrogen and oxygen atoms in total. The summed E-state index contributed by atoms with van der Waals surface area (Å²) in [6.07, 6.45) is 0.103. The van der Waals surface area contributed by atoms with Gasteiger partial charge in [0.05, 0.1) is 6.10 Å². The van der Waals surface area contributed by atoms with Gasteiger partial charge in [0.2, 0.25) is 0 Å². The van der Waals surface area contributed by atoms with Crippen LogP contribution in [0.3, 0.4) is 0 Å². The van der Waals surface area contributed by atoms with Crippen molar-refractivity contribution in [2.24, 2.45) is 0 Å². The van der Waals surface area contributed by atoms with Gasteiger partial charge in [-0.3, -0.25) is 0 Å². The summed E-state index contributed by atoms with van der Waals surface area (Å²) in [5.41, 5.74) is 2.02. The van der Waals surface area contributed by atoms with E-state index in [1.165, 1.54) is 0 Å². The smallest absolute Gasteiger partial charge is 0.165 e. The molecule has 1 aliphatic rings. The molecule has 1 aliphatic heterocycles. The van der Waals surface area contributed by atoms with Crippen LogP contribution in [0.2, 0.25) is 5.02 Å². The highest BCUT2D eigenvalue weighted by molar-refractivity contribution is 6.31. The van der Waals surface area contributed by atoms with Crippen LogP contribution in [0.1, 0.15) is 37.8 Å². The maximum absolute atomic E-state index is 9.61. The lowest BCUT2D eigenvalue weighted by atomic mass is 9.92. The number of rotatable bonds is 3. The maximum Gasteiger partial charge on any atom is 0.165 e. The molecule has 0 amide bonds. The second-order valence-electron chi connectivity index (χ2n) is 4.98. The van der Waals surface area contributed by atoms with Crippen LogP contribution in [0.15, 0.2) is 6.07 Å². The average Bonchev–Trinajstić information content (AvgIpc) is 2.28. The number of hydrogen-bond donors (Lipinski definition) is 1. The van der Waals surface area contributed by atoms with Crippen molar-refractivity contribution in [3.63, 3.8) is 0 Å². The van der Waals surface area contributed by atoms with E-state index in [1.54, 1.807) is 13.0 Å². The van der Waals surface area contributed by atoms with Crippen LogP contribution in [-0.4, -0.2) is 24.4 Å². The zero-order chi connectivity index (χ0) is 13.3. The van der Waals surface area contributed by atoms with E-state index in [1.807, 2.05) is 0 Å². The van der Waals surface area contributed by atoms with Crippen molar-refractivity contribution < 1.29 is 14.6 Å². The summed E-state index contributed by atoms with van der Waals surface area (Å²) in [5, 5.41) is 10.3. The number of aliphatic hydroxyl groups is 1. The van der Waals surface area contributed by atoms with Gasteiger partial charge >= 0.3 is 0 Å². The van der Waals surface area contributed by atoms with E-state index < -0.39 is 6.10 Å². The highest BCUT2D eigenvalue weighted by Gasteiger charge is 2.24. The Morgan fingerprint density at radius 1 is 1.28 bits per heavy atom. The van der Waals surface area contributed by atoms with Gasteiger partial charge in [-0.05, 0) is 24.8 Å². The van der Waals surface area contributed by atoms with E-state index in [0.29, 0.717) is 30.4 Å². The van der Waals surface area contributed by atoms with Gasteiger partial charge in [-0.2, -0.15) is 0 Å². The molecule has 1 aromatic rings. The molecule has 1 unspecified atom stereocenters. The fourth-order valence-electron chi connectivity index (χ4n) is 2.33. The SMILES string of the molecule is CC(O)Cc1c(Cl)cc2c(c1C(C)C)OCCO2. The van der Waals surface area contributed by atoms with Gasteiger partial charge in [0.1, 0.15) is 13.2 Å². The molecule has 0 saturated carbocycles. The summed E-state index contributed by atoms with van der Waals surface area (Å²) in [6, 6.07) is 1.79. The molecule has 18 heavy (non-hydrogen) atoms. The molecule has 0 spiro atoms. The Hall–Kier alpha value is -0.930. The van der Waals surface area contributed by atoms with E-state index in [0.717, 1.165) is 16.9 Å². The molecule has 1 N–H and O–H groups in total. The summed E-state index contributed by atoms with van der Waals surface area (Å²) in [6.45, 7) is 7.06. The van der Waals surface area contributed by atoms with Gasteiger partial charge in [-0.15, -0.1) is 0 Å². The Bertz CT molecular complexity index is 441. The largest absolute Gasteiger partial charge is 0.486 e. The Kier molecular flexibility index (Phi) is 4.03. The van der Waals surface area contributed by atoms with Crippen molar-refractivity contribution in [2.45, 2.75) is 39.2 Å². The molecule has 0 radical (unpaired) electrons. The molecule has 2 rings (SSSR count). The zero-order valence-electron chi connectivity index (χ0n) is 11.0. The first-order chi connectivity index (χ1) is 8.50. The first-order valence-corrected chi connectivity index (χ1v) is 6.67. The van der Waals surface area contributed by atoms with E-state index >= 15 is 0 Å². The molecule has 100 valence electrons. The summed E-state index contributed by atoms with van der Waals surface area (Å²) < 4.78 is 11.3. The van der Waals surface area contributed by atoms with Crippen molar-refractivity contribution in [3.8, 4) is 11.5 Å². The minimum absolute atomic E-state index is 0.271. The molecule has 1 aromatic carbocycles. The van der Waals surface area contributed by atoms with E-state index in [-0.39, 0.29) is 5.92 Å². The van der Waals surface area contributed by atoms with Gasteiger partial charge in [0.25, 0.3) is 0 Å². The molecular formula is C14H19ClO3. The topological polar surface area (TPSA) is 38.7 Å². The van der Waals surface area contributed by atoms with Crippen LogP contribution >= 0.6 is 11.6 Å². The van der Waals surface area contributed by atoms with Crippen molar-refractivity contribution in [1.29, 1.82) is 0 Å². The Labute approximate surface area is 113 Å². The van der Waals surface area contributed by atoms with Gasteiger partial charge < -0.3 is 14.6 Å². The molecule has 0 saturated heterocycles. The lowest BCUT2D eigenvalue weighted by Crippen LogP contribution is -2.19. The minimum atomic E-state index is -0.428. The van der Waals surface area contributed by atoms with Gasteiger partial charge in [0, 0.05) is 16.7 Å². The lowest BCUT2D eigenvalue weighted by Gasteiger charge is -2.26. The second kappa shape index (κ2) is 5.37. The highest BCUT2D eigenvalue weighted by atomic mass is 35.5. The summed E-state index contributed by atoms with van der Waals surface area (Å²) in [4.78, 5) is 0. The van der Waals surface area contributed by atoms with E-state index in [4.69, 9.17) is 21.1 Å². The van der Waals surface area contributed by atoms with Gasteiger partial charge in [-0.1, -0.05) is 25.4 Å². The Morgan fingerprint density at radius 2 is 1.94 bits per heavy atom. The number of halogens is 1. The van der Waals surface area contributed by atoms with Crippen LogP contribution in [-0.2, 0) is 6.42 Å². The van der Waals surface area contributed by atoms with Crippen molar-refractivity contribution in [2.75, 3.05) is 13.2 Å². The summed E-state index contributed by atoms with van der Waals surface area (Å²) >= 11 is 6.31. The molecule has 0 bridgehead atoms. The normalized spacial score (nSPS) is 15.9. The fourth-order valence-corrected chi connectivity index (χ4v) is 2.61. The van der Waals surface area contributed by atoms with Crippen molar-refractivity contribution in [1.82, 2.24) is 0 Å². The summed E-state index contributed by atoms with van der Waals surface area (Å²) in [5.74, 6) is 1.77. The monoisotopic (exact) mass is 270 g/mol. The molecule has 0 aromatic heterocycles. The van der Waals surface area contributed by atoms with Crippen LogP contribution < -0.4 is 9.47 Å². The second-order valence-corrected chi connectivity index (χ2v) is 5.39. The molecule has 4 heteroatoms. The molecule has 0 fully saturated rings. The predicted molar refractivity (Wildman–Crippen MR) is 71.9 cm³/mol. The van der Waals surface area contributed by atoms with Crippen LogP contribution in [0.4, 0.5) is 0 Å². The third kappa shape index (κ3) is 2.57. The fraction of sp³-hybridized carbons (Fsp3) is 0.571. The number of ether oxygens (including phenoxy) is 2.